The Labute approximate surface area is 113 Å². The molecule has 1 aromatic rings. The van der Waals surface area contributed by atoms with Crippen LogP contribution < -0.4 is 10.6 Å². The van der Waals surface area contributed by atoms with Gasteiger partial charge >= 0.3 is 0 Å². The zero-order valence-corrected chi connectivity index (χ0v) is 11.3. The molecule has 3 atom stereocenters. The Morgan fingerprint density at radius 3 is 2.63 bits per heavy atom. The minimum Gasteiger partial charge on any atom is -0.359 e. The lowest BCUT2D eigenvalue weighted by atomic mass is 10.1. The smallest absolute Gasteiger partial charge is 0.251 e. The first-order chi connectivity index (χ1) is 9.11. The molecule has 102 valence electrons. The summed E-state index contributed by atoms with van der Waals surface area (Å²) in [6.07, 6.45) is 1.79. The Bertz CT molecular complexity index is 458. The predicted molar refractivity (Wildman–Crippen MR) is 73.7 cm³/mol. The summed E-state index contributed by atoms with van der Waals surface area (Å²) in [6.45, 7) is 1.99. The number of hydrogen-bond donors (Lipinski definition) is 2. The summed E-state index contributed by atoms with van der Waals surface area (Å²) in [5.41, 5.74) is 0.674. The van der Waals surface area contributed by atoms with Crippen LogP contribution in [0.2, 0.25) is 0 Å². The van der Waals surface area contributed by atoms with Crippen LogP contribution >= 0.6 is 0 Å². The predicted octanol–water partition coefficient (Wildman–Crippen LogP) is 1.58. The molecule has 19 heavy (non-hydrogen) atoms. The van der Waals surface area contributed by atoms with E-state index in [1.807, 2.05) is 25.1 Å². The summed E-state index contributed by atoms with van der Waals surface area (Å²) in [7, 11) is 1.67. The van der Waals surface area contributed by atoms with Crippen molar-refractivity contribution < 1.29 is 9.59 Å². The van der Waals surface area contributed by atoms with Gasteiger partial charge in [-0.2, -0.15) is 0 Å². The van der Waals surface area contributed by atoms with Gasteiger partial charge in [0.05, 0.1) is 0 Å². The number of carbonyl (C=O) groups excluding carboxylic acids is 2. The van der Waals surface area contributed by atoms with E-state index in [1.165, 1.54) is 0 Å². The normalized spacial score (nSPS) is 22.4. The Morgan fingerprint density at radius 1 is 1.32 bits per heavy atom. The van der Waals surface area contributed by atoms with Crippen molar-refractivity contribution in [2.45, 2.75) is 25.8 Å². The second kappa shape index (κ2) is 5.87. The van der Waals surface area contributed by atoms with Crippen LogP contribution in [0.3, 0.4) is 0 Å². The summed E-state index contributed by atoms with van der Waals surface area (Å²) in [4.78, 5) is 23.3. The number of carbonyl (C=O) groups is 2. The summed E-state index contributed by atoms with van der Waals surface area (Å²) < 4.78 is 0. The van der Waals surface area contributed by atoms with Crippen LogP contribution in [0.1, 0.15) is 30.1 Å². The van der Waals surface area contributed by atoms with Gasteiger partial charge in [-0.1, -0.05) is 18.2 Å². The van der Waals surface area contributed by atoms with Crippen LogP contribution in [-0.4, -0.2) is 24.9 Å². The summed E-state index contributed by atoms with van der Waals surface area (Å²) in [5.74, 6) is 0.615. The molecule has 0 spiro atoms. The van der Waals surface area contributed by atoms with Gasteiger partial charge in [-0.3, -0.25) is 9.59 Å². The molecule has 1 aliphatic carbocycles. The maximum atomic E-state index is 11.9. The van der Waals surface area contributed by atoms with Crippen LogP contribution in [0.25, 0.3) is 0 Å². The van der Waals surface area contributed by atoms with Crippen LogP contribution in [0, 0.1) is 11.8 Å². The molecule has 0 heterocycles. The van der Waals surface area contributed by atoms with Gasteiger partial charge in [-0.05, 0) is 37.8 Å². The summed E-state index contributed by atoms with van der Waals surface area (Å²) in [5, 5.41) is 5.64. The Morgan fingerprint density at radius 2 is 2.00 bits per heavy atom. The van der Waals surface area contributed by atoms with Crippen molar-refractivity contribution in [3.63, 3.8) is 0 Å². The summed E-state index contributed by atoms with van der Waals surface area (Å²) >= 11 is 0. The van der Waals surface area contributed by atoms with Crippen molar-refractivity contribution in [3.8, 4) is 0 Å². The molecule has 0 saturated heterocycles. The van der Waals surface area contributed by atoms with Crippen molar-refractivity contribution in [1.29, 1.82) is 0 Å². The van der Waals surface area contributed by atoms with Crippen LogP contribution in [0.5, 0.6) is 0 Å². The molecule has 0 aromatic heterocycles. The lowest BCUT2D eigenvalue weighted by Gasteiger charge is -2.13. The van der Waals surface area contributed by atoms with Crippen molar-refractivity contribution in [2.75, 3.05) is 7.05 Å². The van der Waals surface area contributed by atoms with E-state index in [0.717, 1.165) is 12.8 Å². The second-order valence-electron chi connectivity index (χ2n) is 5.19. The van der Waals surface area contributed by atoms with E-state index >= 15 is 0 Å². The monoisotopic (exact) mass is 260 g/mol. The van der Waals surface area contributed by atoms with Crippen LogP contribution in [0.15, 0.2) is 30.3 Å². The molecule has 2 N–H and O–H groups in total. The highest BCUT2D eigenvalue weighted by molar-refractivity contribution is 5.94. The number of rotatable bonds is 5. The number of nitrogens with one attached hydrogen (secondary N) is 2. The molecular weight excluding hydrogens is 240 g/mol. The van der Waals surface area contributed by atoms with Gasteiger partial charge in [0.1, 0.15) is 0 Å². The molecule has 2 amide bonds. The molecule has 3 unspecified atom stereocenters. The van der Waals surface area contributed by atoms with E-state index in [1.54, 1.807) is 19.2 Å². The highest BCUT2D eigenvalue weighted by Gasteiger charge is 2.42. The van der Waals surface area contributed by atoms with Crippen molar-refractivity contribution >= 4 is 11.8 Å². The standard InChI is InChI=1S/C15H20N2O2/c1-10(8-12-9-13(12)15(19)16-2)17-14(18)11-6-4-3-5-7-11/h3-7,10,12-13H,8-9H2,1-2H3,(H,16,19)(H,17,18). The molecule has 0 radical (unpaired) electrons. The molecule has 1 saturated carbocycles. The summed E-state index contributed by atoms with van der Waals surface area (Å²) in [6, 6.07) is 9.27. The minimum atomic E-state index is -0.0507. The number of benzene rings is 1. The highest BCUT2D eigenvalue weighted by atomic mass is 16.2. The van der Waals surface area contributed by atoms with Crippen molar-refractivity contribution in [1.82, 2.24) is 10.6 Å². The fourth-order valence-electron chi connectivity index (χ4n) is 2.42. The maximum Gasteiger partial charge on any atom is 0.251 e. The van der Waals surface area contributed by atoms with Crippen molar-refractivity contribution in [2.24, 2.45) is 11.8 Å². The molecule has 0 aliphatic heterocycles. The third-order valence-electron chi connectivity index (χ3n) is 3.58. The highest BCUT2D eigenvalue weighted by Crippen LogP contribution is 2.42. The Balaban J connectivity index is 1.78. The quantitative estimate of drug-likeness (QED) is 0.844. The molecule has 1 fully saturated rings. The molecule has 1 aliphatic rings. The minimum absolute atomic E-state index is 0.0507. The Hall–Kier alpha value is -1.84. The van der Waals surface area contributed by atoms with Crippen molar-refractivity contribution in [3.05, 3.63) is 35.9 Å². The first-order valence-electron chi connectivity index (χ1n) is 6.69. The van der Waals surface area contributed by atoms with Gasteiger partial charge < -0.3 is 10.6 Å². The number of hydrogen-bond acceptors (Lipinski definition) is 2. The molecule has 4 heteroatoms. The van der Waals surface area contributed by atoms with E-state index in [-0.39, 0.29) is 23.8 Å². The Kier molecular flexibility index (Phi) is 4.20. The van der Waals surface area contributed by atoms with E-state index in [2.05, 4.69) is 10.6 Å². The first kappa shape index (κ1) is 13.6. The average Bonchev–Trinajstić information content (AvgIpc) is 3.17. The first-order valence-corrected chi connectivity index (χ1v) is 6.69. The van der Waals surface area contributed by atoms with Gasteiger partial charge in [0, 0.05) is 24.6 Å². The number of amides is 2. The topological polar surface area (TPSA) is 58.2 Å². The lowest BCUT2D eigenvalue weighted by Crippen LogP contribution is -2.33. The SMILES string of the molecule is CNC(=O)C1CC1CC(C)NC(=O)c1ccccc1. The second-order valence-corrected chi connectivity index (χ2v) is 5.19. The van der Waals surface area contributed by atoms with Crippen LogP contribution in [-0.2, 0) is 4.79 Å². The lowest BCUT2D eigenvalue weighted by molar-refractivity contribution is -0.122. The van der Waals surface area contributed by atoms with Gasteiger partial charge in [0.15, 0.2) is 0 Å². The fraction of sp³-hybridized carbons (Fsp3) is 0.467. The van der Waals surface area contributed by atoms with E-state index in [0.29, 0.717) is 11.5 Å². The van der Waals surface area contributed by atoms with E-state index in [4.69, 9.17) is 0 Å². The largest absolute Gasteiger partial charge is 0.359 e. The third-order valence-corrected chi connectivity index (χ3v) is 3.58. The molecule has 1 aromatic carbocycles. The van der Waals surface area contributed by atoms with E-state index in [9.17, 15) is 9.59 Å². The molecular formula is C15H20N2O2. The average molecular weight is 260 g/mol. The van der Waals surface area contributed by atoms with E-state index < -0.39 is 0 Å². The zero-order valence-electron chi connectivity index (χ0n) is 11.3. The fourth-order valence-corrected chi connectivity index (χ4v) is 2.42. The molecule has 2 rings (SSSR count). The third kappa shape index (κ3) is 3.56. The van der Waals surface area contributed by atoms with Crippen LogP contribution in [0.4, 0.5) is 0 Å². The van der Waals surface area contributed by atoms with Gasteiger partial charge in [-0.25, -0.2) is 0 Å². The van der Waals surface area contributed by atoms with Gasteiger partial charge in [0.2, 0.25) is 5.91 Å². The van der Waals surface area contributed by atoms with Gasteiger partial charge in [0.25, 0.3) is 5.91 Å². The molecule has 0 bridgehead atoms. The maximum absolute atomic E-state index is 11.9. The zero-order chi connectivity index (χ0) is 13.8. The van der Waals surface area contributed by atoms with Gasteiger partial charge in [-0.15, -0.1) is 0 Å². The molecule has 4 nitrogen and oxygen atoms in total.